The summed E-state index contributed by atoms with van der Waals surface area (Å²) in [6, 6.07) is 10.0. The Hall–Kier alpha value is -2.25. The molecule has 0 aliphatic heterocycles. The third-order valence-corrected chi connectivity index (χ3v) is 5.73. The summed E-state index contributed by atoms with van der Waals surface area (Å²) in [5.41, 5.74) is -1.81. The van der Waals surface area contributed by atoms with Gasteiger partial charge in [-0.3, -0.25) is 9.59 Å². The number of carbonyl (C=O) groups is 2. The first-order chi connectivity index (χ1) is 14.1. The number of alkyl halides is 3. The van der Waals surface area contributed by atoms with Gasteiger partial charge in [-0.2, -0.15) is 13.2 Å². The first kappa shape index (κ1) is 22.4. The van der Waals surface area contributed by atoms with Gasteiger partial charge in [0.1, 0.15) is 0 Å². The van der Waals surface area contributed by atoms with E-state index in [1.165, 1.54) is 6.07 Å². The maximum absolute atomic E-state index is 13.2. The van der Waals surface area contributed by atoms with Gasteiger partial charge in [0.05, 0.1) is 21.7 Å². The highest BCUT2D eigenvalue weighted by Gasteiger charge is 2.44. The number of nitrogens with one attached hydrogen (secondary N) is 1. The van der Waals surface area contributed by atoms with Gasteiger partial charge in [0.15, 0.2) is 6.61 Å². The summed E-state index contributed by atoms with van der Waals surface area (Å²) in [5, 5.41) is 2.37. The van der Waals surface area contributed by atoms with Crippen LogP contribution in [-0.4, -0.2) is 18.5 Å². The largest absolute Gasteiger partial charge is 0.455 e. The molecular formula is C21H18Cl2F3NO3. The maximum Gasteiger partial charge on any atom is 0.418 e. The molecule has 1 amide bonds. The average molecular weight is 460 g/mol. The molecule has 4 nitrogen and oxygen atoms in total. The van der Waals surface area contributed by atoms with Gasteiger partial charge in [0.25, 0.3) is 5.91 Å². The van der Waals surface area contributed by atoms with E-state index in [1.807, 2.05) is 0 Å². The Morgan fingerprint density at radius 3 is 2.27 bits per heavy atom. The molecule has 3 rings (SSSR count). The number of hydrogen-bond donors (Lipinski definition) is 1. The molecule has 0 aromatic heterocycles. The van der Waals surface area contributed by atoms with E-state index in [-0.39, 0.29) is 5.02 Å². The van der Waals surface area contributed by atoms with Crippen molar-refractivity contribution in [3.05, 3.63) is 63.6 Å². The van der Waals surface area contributed by atoms with Crippen molar-refractivity contribution < 1.29 is 27.5 Å². The number of anilines is 1. The molecule has 2 aromatic carbocycles. The highest BCUT2D eigenvalue weighted by molar-refractivity contribution is 6.34. The number of amides is 1. The monoisotopic (exact) mass is 459 g/mol. The zero-order chi connectivity index (χ0) is 21.9. The number of halogens is 5. The highest BCUT2D eigenvalue weighted by Crippen LogP contribution is 2.42. The van der Waals surface area contributed by atoms with Crippen LogP contribution in [0.1, 0.15) is 36.8 Å². The lowest BCUT2D eigenvalue weighted by atomic mass is 9.79. The fourth-order valence-electron chi connectivity index (χ4n) is 3.69. The molecule has 0 atom stereocenters. The predicted octanol–water partition coefficient (Wildman–Crippen LogP) is 6.01. The minimum atomic E-state index is -4.70. The van der Waals surface area contributed by atoms with Crippen molar-refractivity contribution in [1.82, 2.24) is 0 Å². The maximum atomic E-state index is 13.2. The highest BCUT2D eigenvalue weighted by atomic mass is 35.5. The Morgan fingerprint density at radius 1 is 1.03 bits per heavy atom. The van der Waals surface area contributed by atoms with Gasteiger partial charge in [-0.25, -0.2) is 0 Å². The minimum absolute atomic E-state index is 0.266. The number of rotatable bonds is 5. The van der Waals surface area contributed by atoms with Gasteiger partial charge in [-0.1, -0.05) is 54.2 Å². The molecule has 1 N–H and O–H groups in total. The number of para-hydroxylation sites is 1. The lowest BCUT2D eigenvalue weighted by Gasteiger charge is -2.27. The fraction of sp³-hybridized carbons (Fsp3) is 0.333. The molecule has 0 saturated heterocycles. The second kappa shape index (κ2) is 8.86. The number of hydrogen-bond acceptors (Lipinski definition) is 3. The Kier molecular flexibility index (Phi) is 6.62. The molecule has 0 unspecified atom stereocenters. The van der Waals surface area contributed by atoms with Crippen molar-refractivity contribution in [1.29, 1.82) is 0 Å². The van der Waals surface area contributed by atoms with Crippen molar-refractivity contribution in [2.45, 2.75) is 37.3 Å². The summed E-state index contributed by atoms with van der Waals surface area (Å²) in [6.45, 7) is -0.726. The SMILES string of the molecule is O=C(COC(=O)C1(c2ccc(Cl)cc2)CCCC1)Nc1c(Cl)cccc1C(F)(F)F. The van der Waals surface area contributed by atoms with Crippen LogP contribution in [0.15, 0.2) is 42.5 Å². The molecule has 30 heavy (non-hydrogen) atoms. The molecule has 0 spiro atoms. The predicted molar refractivity (Wildman–Crippen MR) is 108 cm³/mol. The second-order valence-corrected chi connectivity index (χ2v) is 7.92. The topological polar surface area (TPSA) is 55.4 Å². The van der Waals surface area contributed by atoms with Crippen molar-refractivity contribution in [3.8, 4) is 0 Å². The van der Waals surface area contributed by atoms with E-state index in [0.29, 0.717) is 17.9 Å². The molecule has 1 aliphatic rings. The van der Waals surface area contributed by atoms with Gasteiger partial charge >= 0.3 is 12.1 Å². The van der Waals surface area contributed by atoms with E-state index >= 15 is 0 Å². The molecule has 0 bridgehead atoms. The molecule has 1 fully saturated rings. The molecular weight excluding hydrogens is 442 g/mol. The third-order valence-electron chi connectivity index (χ3n) is 5.16. The first-order valence-electron chi connectivity index (χ1n) is 9.22. The summed E-state index contributed by atoms with van der Waals surface area (Å²) in [7, 11) is 0. The quantitative estimate of drug-likeness (QED) is 0.557. The van der Waals surface area contributed by atoms with Crippen LogP contribution in [0.2, 0.25) is 10.0 Å². The van der Waals surface area contributed by atoms with Gasteiger partial charge in [0, 0.05) is 5.02 Å². The van der Waals surface area contributed by atoms with Gasteiger partial charge in [-0.15, -0.1) is 0 Å². The van der Waals surface area contributed by atoms with Crippen LogP contribution in [0.5, 0.6) is 0 Å². The third kappa shape index (κ3) is 4.73. The van der Waals surface area contributed by atoms with Crippen LogP contribution in [0, 0.1) is 0 Å². The van der Waals surface area contributed by atoms with Crippen LogP contribution in [0.25, 0.3) is 0 Å². The Balaban J connectivity index is 1.72. The molecule has 2 aromatic rings. The minimum Gasteiger partial charge on any atom is -0.455 e. The Labute approximate surface area is 181 Å². The summed E-state index contributed by atoms with van der Waals surface area (Å²) in [5.74, 6) is -1.50. The Morgan fingerprint density at radius 2 is 1.67 bits per heavy atom. The van der Waals surface area contributed by atoms with Crippen LogP contribution in [0.3, 0.4) is 0 Å². The van der Waals surface area contributed by atoms with Crippen LogP contribution in [-0.2, 0) is 25.9 Å². The summed E-state index contributed by atoms with van der Waals surface area (Å²) in [4.78, 5) is 25.1. The van der Waals surface area contributed by atoms with Gasteiger partial charge in [-0.05, 0) is 42.7 Å². The molecule has 1 saturated carbocycles. The van der Waals surface area contributed by atoms with Crippen molar-refractivity contribution in [2.24, 2.45) is 0 Å². The number of esters is 1. The second-order valence-electron chi connectivity index (χ2n) is 7.08. The van der Waals surface area contributed by atoms with Crippen molar-refractivity contribution in [3.63, 3.8) is 0 Å². The molecule has 0 heterocycles. The van der Waals surface area contributed by atoms with E-state index in [2.05, 4.69) is 5.32 Å². The van der Waals surface area contributed by atoms with E-state index < -0.39 is 41.3 Å². The first-order valence-corrected chi connectivity index (χ1v) is 9.98. The van der Waals surface area contributed by atoms with Crippen LogP contribution in [0.4, 0.5) is 18.9 Å². The molecule has 1 aliphatic carbocycles. The fourth-order valence-corrected chi connectivity index (χ4v) is 4.04. The van der Waals surface area contributed by atoms with Crippen LogP contribution >= 0.6 is 23.2 Å². The number of ether oxygens (including phenoxy) is 1. The molecule has 9 heteroatoms. The van der Waals surface area contributed by atoms with E-state index in [0.717, 1.165) is 30.5 Å². The summed E-state index contributed by atoms with van der Waals surface area (Å²) < 4.78 is 44.7. The van der Waals surface area contributed by atoms with E-state index in [4.69, 9.17) is 27.9 Å². The van der Waals surface area contributed by atoms with E-state index in [9.17, 15) is 22.8 Å². The lowest BCUT2D eigenvalue weighted by Crippen LogP contribution is -2.36. The van der Waals surface area contributed by atoms with E-state index in [1.54, 1.807) is 24.3 Å². The zero-order valence-corrected chi connectivity index (χ0v) is 17.2. The number of carbonyl (C=O) groups excluding carboxylic acids is 2. The molecule has 0 radical (unpaired) electrons. The van der Waals surface area contributed by atoms with Crippen LogP contribution < -0.4 is 5.32 Å². The average Bonchev–Trinajstić information content (AvgIpc) is 3.18. The lowest BCUT2D eigenvalue weighted by molar-refractivity contribution is -0.153. The summed E-state index contributed by atoms with van der Waals surface area (Å²) >= 11 is 11.7. The van der Waals surface area contributed by atoms with Crippen molar-refractivity contribution >= 4 is 40.8 Å². The zero-order valence-electron chi connectivity index (χ0n) is 15.7. The normalized spacial score (nSPS) is 15.6. The standard InChI is InChI=1S/C21H18Cl2F3NO3/c22-14-8-6-13(7-9-14)20(10-1-2-11-20)19(29)30-12-17(28)27-18-15(21(24,25)26)4-3-5-16(18)23/h3-9H,1-2,10-12H2,(H,27,28). The summed E-state index contributed by atoms with van der Waals surface area (Å²) in [6.07, 6.45) is -1.96. The number of benzene rings is 2. The van der Waals surface area contributed by atoms with Crippen molar-refractivity contribution in [2.75, 3.05) is 11.9 Å². The smallest absolute Gasteiger partial charge is 0.418 e. The van der Waals surface area contributed by atoms with Gasteiger partial charge in [0.2, 0.25) is 0 Å². The van der Waals surface area contributed by atoms with Gasteiger partial charge < -0.3 is 10.1 Å². The Bertz CT molecular complexity index is 940. The molecule has 160 valence electrons.